The van der Waals surface area contributed by atoms with Crippen LogP contribution in [0.15, 0.2) is 53.9 Å². The summed E-state index contributed by atoms with van der Waals surface area (Å²) in [7, 11) is -2.03. The molecule has 2 aromatic carbocycles. The van der Waals surface area contributed by atoms with Crippen molar-refractivity contribution in [3.8, 4) is 11.5 Å². The van der Waals surface area contributed by atoms with E-state index in [-0.39, 0.29) is 24.8 Å². The number of carbonyl (C=O) groups excluding carboxylic acids is 2. The van der Waals surface area contributed by atoms with Gasteiger partial charge in [-0.3, -0.25) is 9.59 Å². The minimum Gasteiger partial charge on any atom is -0.493 e. The molecule has 0 unspecified atom stereocenters. The van der Waals surface area contributed by atoms with Gasteiger partial charge < -0.3 is 14.4 Å². The predicted octanol–water partition coefficient (Wildman–Crippen LogP) is 3.20. The van der Waals surface area contributed by atoms with Gasteiger partial charge in [0.1, 0.15) is 0 Å². The second-order valence-corrected chi connectivity index (χ2v) is 9.73. The summed E-state index contributed by atoms with van der Waals surface area (Å²) >= 11 is 0. The molecule has 8 nitrogen and oxygen atoms in total. The summed E-state index contributed by atoms with van der Waals surface area (Å²) in [5.74, 6) is 0.898. The summed E-state index contributed by atoms with van der Waals surface area (Å²) in [6.07, 6.45) is 2.39. The summed E-state index contributed by atoms with van der Waals surface area (Å²) in [6, 6.07) is 14.2. The molecule has 1 heterocycles. The molecule has 0 aromatic heterocycles. The number of piperazine rings is 1. The molecule has 1 fully saturated rings. The van der Waals surface area contributed by atoms with Crippen LogP contribution < -0.4 is 9.47 Å². The highest BCUT2D eigenvalue weighted by molar-refractivity contribution is 7.92. The Kier molecular flexibility index (Phi) is 8.84. The topological polar surface area (TPSA) is 93.2 Å². The highest BCUT2D eigenvalue weighted by atomic mass is 32.2. The van der Waals surface area contributed by atoms with Crippen LogP contribution in [0.1, 0.15) is 35.7 Å². The number of hydrogen-bond acceptors (Lipinski definition) is 6. The van der Waals surface area contributed by atoms with Crippen LogP contribution in [0.3, 0.4) is 0 Å². The van der Waals surface area contributed by atoms with E-state index in [0.29, 0.717) is 49.6 Å². The van der Waals surface area contributed by atoms with E-state index in [1.54, 1.807) is 29.2 Å². The molecular weight excluding hydrogens is 456 g/mol. The first-order valence-corrected chi connectivity index (χ1v) is 12.6. The van der Waals surface area contributed by atoms with Crippen LogP contribution in [0.2, 0.25) is 0 Å². The predicted molar refractivity (Wildman–Crippen MR) is 130 cm³/mol. The lowest BCUT2D eigenvalue weighted by molar-refractivity contribution is -0.132. The first-order valence-electron chi connectivity index (χ1n) is 11.1. The van der Waals surface area contributed by atoms with Crippen molar-refractivity contribution in [2.24, 2.45) is 0 Å². The van der Waals surface area contributed by atoms with Gasteiger partial charge in [-0.25, -0.2) is 8.42 Å². The number of carbonyl (C=O) groups is 2. The largest absolute Gasteiger partial charge is 0.493 e. The van der Waals surface area contributed by atoms with Gasteiger partial charge in [0.25, 0.3) is 0 Å². The molecule has 182 valence electrons. The molecule has 1 aliphatic heterocycles. The van der Waals surface area contributed by atoms with Gasteiger partial charge in [-0.05, 0) is 43.2 Å². The molecule has 3 rings (SSSR count). The third-order valence-corrected chi connectivity index (χ3v) is 7.11. The number of benzene rings is 2. The number of nitrogens with zero attached hydrogens (tertiary/aromatic N) is 2. The summed E-state index contributed by atoms with van der Waals surface area (Å²) in [5.41, 5.74) is 1.35. The number of methoxy groups -OCH3 is 1. The van der Waals surface area contributed by atoms with Crippen molar-refractivity contribution < 1.29 is 27.5 Å². The zero-order chi connectivity index (χ0) is 24.6. The average Bonchev–Trinajstić information content (AvgIpc) is 2.86. The van der Waals surface area contributed by atoms with Crippen LogP contribution in [-0.4, -0.2) is 69.2 Å². The fourth-order valence-electron chi connectivity index (χ4n) is 3.58. The van der Waals surface area contributed by atoms with Gasteiger partial charge in [-0.15, -0.1) is 0 Å². The van der Waals surface area contributed by atoms with E-state index < -0.39 is 10.0 Å². The Hall–Kier alpha value is -3.17. The molecule has 9 heteroatoms. The van der Waals surface area contributed by atoms with Gasteiger partial charge in [-0.1, -0.05) is 30.3 Å². The second kappa shape index (κ2) is 11.8. The van der Waals surface area contributed by atoms with Crippen molar-refractivity contribution in [1.29, 1.82) is 0 Å². The van der Waals surface area contributed by atoms with E-state index in [9.17, 15) is 18.0 Å². The standard InChI is InChI=1S/C25H30N2O6S/c1-20(28)22-10-11-23(24(19-22)32-2)33-17-6-9-25(29)26-13-15-27(16-14-26)34(30,31)18-12-21-7-4-3-5-8-21/h3-5,7-8,10-12,18-19H,6,9,13-17H2,1-2H3/b18-12+. The van der Waals surface area contributed by atoms with Gasteiger partial charge in [0.15, 0.2) is 17.3 Å². The maximum absolute atomic E-state index is 12.6. The zero-order valence-electron chi connectivity index (χ0n) is 19.5. The van der Waals surface area contributed by atoms with Crippen LogP contribution in [0, 0.1) is 0 Å². The highest BCUT2D eigenvalue weighted by Gasteiger charge is 2.27. The lowest BCUT2D eigenvalue weighted by Gasteiger charge is -2.33. The normalized spacial score (nSPS) is 14.8. The minimum absolute atomic E-state index is 0.0284. The monoisotopic (exact) mass is 486 g/mol. The lowest BCUT2D eigenvalue weighted by atomic mass is 10.1. The van der Waals surface area contributed by atoms with Gasteiger partial charge in [0.2, 0.25) is 15.9 Å². The number of sulfonamides is 1. The third-order valence-electron chi connectivity index (χ3n) is 5.55. The Bertz CT molecular complexity index is 1120. The molecule has 0 saturated carbocycles. The molecule has 2 aromatic rings. The summed E-state index contributed by atoms with van der Waals surface area (Å²) in [6.45, 7) is 3.06. The third kappa shape index (κ3) is 6.91. The number of amides is 1. The van der Waals surface area contributed by atoms with E-state index in [1.807, 2.05) is 30.3 Å². The molecule has 0 bridgehead atoms. The molecule has 1 amide bonds. The quantitative estimate of drug-likeness (QED) is 0.378. The van der Waals surface area contributed by atoms with E-state index >= 15 is 0 Å². The Labute approximate surface area is 200 Å². The number of hydrogen-bond donors (Lipinski definition) is 0. The minimum atomic E-state index is -3.54. The first kappa shape index (κ1) is 25.5. The second-order valence-electron chi connectivity index (χ2n) is 7.91. The van der Waals surface area contributed by atoms with E-state index in [2.05, 4.69) is 0 Å². The molecule has 0 radical (unpaired) electrons. The molecule has 1 aliphatic rings. The molecule has 1 saturated heterocycles. The molecule has 0 atom stereocenters. The molecule has 0 spiro atoms. The van der Waals surface area contributed by atoms with Crippen LogP contribution in [0.25, 0.3) is 6.08 Å². The van der Waals surface area contributed by atoms with Crippen molar-refractivity contribution in [3.63, 3.8) is 0 Å². The van der Waals surface area contributed by atoms with Crippen molar-refractivity contribution >= 4 is 27.8 Å². The van der Waals surface area contributed by atoms with Crippen molar-refractivity contribution in [2.75, 3.05) is 39.9 Å². The smallest absolute Gasteiger partial charge is 0.236 e. The SMILES string of the molecule is COc1cc(C(C)=O)ccc1OCCCC(=O)N1CCN(S(=O)(=O)/C=C/c2ccccc2)CC1. The summed E-state index contributed by atoms with van der Waals surface area (Å²) in [5, 5.41) is 1.22. The highest BCUT2D eigenvalue weighted by Crippen LogP contribution is 2.28. The lowest BCUT2D eigenvalue weighted by Crippen LogP contribution is -2.50. The Morgan fingerprint density at radius 1 is 1.00 bits per heavy atom. The van der Waals surface area contributed by atoms with Crippen LogP contribution in [0.4, 0.5) is 0 Å². The van der Waals surface area contributed by atoms with E-state index in [1.165, 1.54) is 23.7 Å². The van der Waals surface area contributed by atoms with Gasteiger partial charge >= 0.3 is 0 Å². The molecule has 0 aliphatic carbocycles. The number of ether oxygens (including phenoxy) is 2. The summed E-state index contributed by atoms with van der Waals surface area (Å²) in [4.78, 5) is 25.7. The first-order chi connectivity index (χ1) is 16.3. The molecular formula is C25H30N2O6S. The van der Waals surface area contributed by atoms with Crippen molar-refractivity contribution in [1.82, 2.24) is 9.21 Å². The zero-order valence-corrected chi connectivity index (χ0v) is 20.3. The van der Waals surface area contributed by atoms with Gasteiger partial charge in [-0.2, -0.15) is 4.31 Å². The maximum Gasteiger partial charge on any atom is 0.236 e. The Balaban J connectivity index is 1.43. The van der Waals surface area contributed by atoms with Crippen LogP contribution in [-0.2, 0) is 14.8 Å². The van der Waals surface area contributed by atoms with Crippen molar-refractivity contribution in [2.45, 2.75) is 19.8 Å². The van der Waals surface area contributed by atoms with Crippen LogP contribution in [0.5, 0.6) is 11.5 Å². The number of rotatable bonds is 10. The summed E-state index contributed by atoms with van der Waals surface area (Å²) < 4.78 is 37.6. The van der Waals surface area contributed by atoms with E-state index in [4.69, 9.17) is 9.47 Å². The molecule has 0 N–H and O–H groups in total. The Morgan fingerprint density at radius 2 is 1.71 bits per heavy atom. The van der Waals surface area contributed by atoms with Gasteiger partial charge in [0.05, 0.1) is 13.7 Å². The number of Topliss-reactive ketones (excluding diaryl/α,β-unsaturated/α-hetero) is 1. The fraction of sp³-hybridized carbons (Fsp3) is 0.360. The average molecular weight is 487 g/mol. The maximum atomic E-state index is 12.6. The van der Waals surface area contributed by atoms with E-state index in [0.717, 1.165) is 5.56 Å². The number of ketones is 1. The van der Waals surface area contributed by atoms with Crippen LogP contribution >= 0.6 is 0 Å². The fourth-order valence-corrected chi connectivity index (χ4v) is 4.75. The van der Waals surface area contributed by atoms with Gasteiger partial charge in [0, 0.05) is 43.6 Å². The Morgan fingerprint density at radius 3 is 2.35 bits per heavy atom. The van der Waals surface area contributed by atoms with Crippen molar-refractivity contribution in [3.05, 3.63) is 65.1 Å². The molecule has 34 heavy (non-hydrogen) atoms.